The van der Waals surface area contributed by atoms with Crippen molar-refractivity contribution in [2.45, 2.75) is 12.8 Å². The van der Waals surface area contributed by atoms with Gasteiger partial charge in [-0.25, -0.2) is 4.39 Å². The molecule has 1 fully saturated rings. The number of aryl methyl sites for hydroxylation is 1. The van der Waals surface area contributed by atoms with Crippen molar-refractivity contribution in [1.82, 2.24) is 34.8 Å². The summed E-state index contributed by atoms with van der Waals surface area (Å²) in [4.78, 5) is 10.5. The molecule has 2 N–H and O–H groups in total. The van der Waals surface area contributed by atoms with Crippen LogP contribution in [-0.4, -0.2) is 61.1 Å². The number of aromatic amines is 2. The van der Waals surface area contributed by atoms with Gasteiger partial charge in [0.15, 0.2) is 0 Å². The van der Waals surface area contributed by atoms with Crippen molar-refractivity contribution in [3.63, 3.8) is 0 Å². The van der Waals surface area contributed by atoms with Gasteiger partial charge in [0.05, 0.1) is 23.1 Å². The number of ether oxygens (including phenoxy) is 1. The van der Waals surface area contributed by atoms with Crippen molar-refractivity contribution in [3.8, 4) is 39.5 Å². The maximum atomic E-state index is 14.7. The molecule has 4 aromatic heterocycles. The number of likely N-dealkylation sites (tertiary alicyclic amines) is 1. The second kappa shape index (κ2) is 9.67. The van der Waals surface area contributed by atoms with Crippen LogP contribution in [0.1, 0.15) is 12.8 Å². The minimum Gasteiger partial charge on any atom is -0.492 e. The number of hydrogen-bond acceptors (Lipinski definition) is 5. The summed E-state index contributed by atoms with van der Waals surface area (Å²) in [6.45, 7) is 3.59. The normalized spacial score (nSPS) is 14.1. The van der Waals surface area contributed by atoms with Gasteiger partial charge in [-0.1, -0.05) is 6.07 Å². The van der Waals surface area contributed by atoms with Crippen LogP contribution < -0.4 is 4.74 Å². The Hall–Kier alpha value is -4.50. The van der Waals surface area contributed by atoms with Crippen molar-refractivity contribution in [1.29, 1.82) is 0 Å². The Morgan fingerprint density at radius 1 is 0.923 bits per heavy atom. The van der Waals surface area contributed by atoms with E-state index in [9.17, 15) is 4.39 Å². The number of nitrogens with one attached hydrogen (secondary N) is 2. The van der Waals surface area contributed by atoms with Crippen LogP contribution in [0.5, 0.6) is 5.75 Å². The number of rotatable bonds is 7. The first-order chi connectivity index (χ1) is 19.1. The summed E-state index contributed by atoms with van der Waals surface area (Å²) in [5.74, 6) is 0.166. The third kappa shape index (κ3) is 4.55. The van der Waals surface area contributed by atoms with Crippen molar-refractivity contribution in [2.24, 2.45) is 7.05 Å². The van der Waals surface area contributed by atoms with Crippen LogP contribution in [0.25, 0.3) is 55.6 Å². The molecule has 0 amide bonds. The van der Waals surface area contributed by atoms with Gasteiger partial charge in [-0.05, 0) is 67.9 Å². The van der Waals surface area contributed by atoms with Crippen LogP contribution in [0.4, 0.5) is 4.39 Å². The second-order valence-electron chi connectivity index (χ2n) is 10.1. The van der Waals surface area contributed by atoms with Gasteiger partial charge >= 0.3 is 0 Å². The minimum absolute atomic E-state index is 0.348. The Morgan fingerprint density at radius 3 is 2.64 bits per heavy atom. The van der Waals surface area contributed by atoms with E-state index in [1.165, 1.54) is 25.0 Å². The molecule has 8 nitrogen and oxygen atoms in total. The lowest BCUT2D eigenvalue weighted by Crippen LogP contribution is -2.25. The molecule has 0 spiro atoms. The molecule has 39 heavy (non-hydrogen) atoms. The number of benzene rings is 2. The van der Waals surface area contributed by atoms with E-state index in [1.807, 2.05) is 43.7 Å². The van der Waals surface area contributed by atoms with E-state index >= 15 is 0 Å². The van der Waals surface area contributed by atoms with Crippen LogP contribution in [0, 0.1) is 5.82 Å². The zero-order valence-electron chi connectivity index (χ0n) is 21.6. The van der Waals surface area contributed by atoms with Gasteiger partial charge < -0.3 is 9.72 Å². The minimum atomic E-state index is -0.348. The van der Waals surface area contributed by atoms with E-state index in [0.29, 0.717) is 23.6 Å². The molecule has 1 aliphatic rings. The molecule has 0 atom stereocenters. The molecule has 2 aromatic carbocycles. The summed E-state index contributed by atoms with van der Waals surface area (Å²) in [6, 6.07) is 15.0. The van der Waals surface area contributed by atoms with Crippen LogP contribution in [0.2, 0.25) is 0 Å². The van der Waals surface area contributed by atoms with Gasteiger partial charge in [0.25, 0.3) is 0 Å². The second-order valence-corrected chi connectivity index (χ2v) is 10.1. The lowest BCUT2D eigenvalue weighted by Gasteiger charge is -2.15. The highest BCUT2D eigenvalue weighted by Gasteiger charge is 2.17. The summed E-state index contributed by atoms with van der Waals surface area (Å²) in [7, 11) is 1.91. The maximum absolute atomic E-state index is 14.7. The Morgan fingerprint density at radius 2 is 1.79 bits per heavy atom. The summed E-state index contributed by atoms with van der Waals surface area (Å²) in [5.41, 5.74) is 6.97. The van der Waals surface area contributed by atoms with Gasteiger partial charge in [0, 0.05) is 59.5 Å². The highest BCUT2D eigenvalue weighted by molar-refractivity contribution is 6.00. The van der Waals surface area contributed by atoms with E-state index in [0.717, 1.165) is 64.0 Å². The number of pyridine rings is 1. The van der Waals surface area contributed by atoms with Crippen LogP contribution >= 0.6 is 0 Å². The van der Waals surface area contributed by atoms with Crippen molar-refractivity contribution in [3.05, 3.63) is 72.9 Å². The molecule has 0 aliphatic carbocycles. The predicted molar refractivity (Wildman–Crippen MR) is 150 cm³/mol. The number of fused-ring (bicyclic) bond motifs is 2. The average molecular weight is 522 g/mol. The standard InChI is InChI=1S/C30H28FN7O/c1-37-18-21(17-33-37)19-4-5-27-24(14-19)30(36-35-27)28-16-25-26(34-28)6-7-32-29(25)20-12-22(31)15-23(13-20)39-11-10-38-8-2-3-9-38/h4-7,12-18,34H,2-3,8-11H2,1H3,(H,35,36). The van der Waals surface area contributed by atoms with E-state index in [1.54, 1.807) is 10.9 Å². The van der Waals surface area contributed by atoms with Gasteiger partial charge in [0.2, 0.25) is 0 Å². The highest BCUT2D eigenvalue weighted by Crippen LogP contribution is 2.35. The topological polar surface area (TPSA) is 87.7 Å². The summed E-state index contributed by atoms with van der Waals surface area (Å²) < 4.78 is 22.4. The third-order valence-corrected chi connectivity index (χ3v) is 7.42. The molecule has 9 heteroatoms. The first-order valence-electron chi connectivity index (χ1n) is 13.2. The summed E-state index contributed by atoms with van der Waals surface area (Å²) in [5, 5.41) is 13.9. The molecule has 6 aromatic rings. The monoisotopic (exact) mass is 521 g/mol. The Balaban J connectivity index is 1.23. The first-order valence-corrected chi connectivity index (χ1v) is 13.2. The van der Waals surface area contributed by atoms with Gasteiger partial charge in [-0.3, -0.25) is 19.7 Å². The van der Waals surface area contributed by atoms with Gasteiger partial charge in [-0.2, -0.15) is 10.2 Å². The van der Waals surface area contributed by atoms with E-state index in [2.05, 4.69) is 42.3 Å². The Kier molecular flexibility index (Phi) is 5.85. The number of hydrogen-bond donors (Lipinski definition) is 2. The molecule has 0 radical (unpaired) electrons. The smallest absolute Gasteiger partial charge is 0.127 e. The zero-order valence-corrected chi connectivity index (χ0v) is 21.6. The Bertz CT molecular complexity index is 1790. The molecule has 7 rings (SSSR count). The van der Waals surface area contributed by atoms with Gasteiger partial charge in [-0.15, -0.1) is 0 Å². The fourth-order valence-electron chi connectivity index (χ4n) is 5.46. The maximum Gasteiger partial charge on any atom is 0.127 e. The van der Waals surface area contributed by atoms with Crippen LogP contribution in [-0.2, 0) is 7.05 Å². The molecule has 0 saturated carbocycles. The number of aromatic nitrogens is 6. The van der Waals surface area contributed by atoms with Crippen LogP contribution in [0.15, 0.2) is 67.1 Å². The van der Waals surface area contributed by atoms with E-state index in [-0.39, 0.29) is 5.82 Å². The molecule has 1 saturated heterocycles. The van der Waals surface area contributed by atoms with Crippen LogP contribution in [0.3, 0.4) is 0 Å². The fraction of sp³-hybridized carbons (Fsp3) is 0.233. The summed E-state index contributed by atoms with van der Waals surface area (Å²) >= 11 is 0. The molecule has 0 bridgehead atoms. The lowest BCUT2D eigenvalue weighted by molar-refractivity contribution is 0.237. The molecular formula is C30H28FN7O. The molecule has 1 aliphatic heterocycles. The zero-order chi connectivity index (χ0) is 26.3. The molecule has 196 valence electrons. The molecular weight excluding hydrogens is 493 g/mol. The lowest BCUT2D eigenvalue weighted by atomic mass is 10.0. The largest absolute Gasteiger partial charge is 0.492 e. The average Bonchev–Trinajstić information content (AvgIpc) is 3.74. The van der Waals surface area contributed by atoms with Crippen molar-refractivity contribution < 1.29 is 9.13 Å². The predicted octanol–water partition coefficient (Wildman–Crippen LogP) is 5.79. The number of halogens is 1. The van der Waals surface area contributed by atoms with E-state index in [4.69, 9.17) is 4.74 Å². The van der Waals surface area contributed by atoms with E-state index < -0.39 is 0 Å². The van der Waals surface area contributed by atoms with Crippen molar-refractivity contribution >= 4 is 21.8 Å². The summed E-state index contributed by atoms with van der Waals surface area (Å²) in [6.07, 6.45) is 8.05. The Labute approximate surface area is 224 Å². The SMILES string of the molecule is Cn1cc(-c2ccc3[nH]nc(-c4cc5c(-c6cc(F)cc(OCCN7CCCC7)c6)nccc5[nH]4)c3c2)cn1. The fourth-order valence-corrected chi connectivity index (χ4v) is 5.46. The number of nitrogens with zero attached hydrogens (tertiary/aromatic N) is 5. The quantitative estimate of drug-likeness (QED) is 0.278. The third-order valence-electron chi connectivity index (χ3n) is 7.42. The van der Waals surface area contributed by atoms with Gasteiger partial charge in [0.1, 0.15) is 23.9 Å². The number of H-pyrrole nitrogens is 2. The highest BCUT2D eigenvalue weighted by atomic mass is 19.1. The van der Waals surface area contributed by atoms with Crippen molar-refractivity contribution in [2.75, 3.05) is 26.2 Å². The first kappa shape index (κ1) is 23.6. The molecule has 0 unspecified atom stereocenters. The molecule has 5 heterocycles.